The minimum atomic E-state index is -4.71. The zero-order valence-corrected chi connectivity index (χ0v) is 29.0. The maximum absolute atomic E-state index is 14.3. The molecule has 2 aromatic carbocycles. The van der Waals surface area contributed by atoms with Crippen LogP contribution in [0.3, 0.4) is 0 Å². The van der Waals surface area contributed by atoms with E-state index in [1.54, 1.807) is 18.2 Å². The molecule has 2 unspecified atom stereocenters. The molecule has 0 fully saturated rings. The van der Waals surface area contributed by atoms with Gasteiger partial charge in [-0.1, -0.05) is 86.4 Å². The second-order valence-corrected chi connectivity index (χ2v) is 15.1. The molecule has 0 aliphatic heterocycles. The van der Waals surface area contributed by atoms with E-state index in [1.165, 1.54) is 18.1 Å². The van der Waals surface area contributed by atoms with Crippen LogP contribution in [0.2, 0.25) is 0 Å². The molecule has 1 heterocycles. The van der Waals surface area contributed by atoms with E-state index < -0.39 is 47.7 Å². The summed E-state index contributed by atoms with van der Waals surface area (Å²) in [6.07, 6.45) is 0.933. The lowest BCUT2D eigenvalue weighted by Gasteiger charge is -2.36. The largest absolute Gasteiger partial charge is 0.492 e. The first-order valence-electron chi connectivity index (χ1n) is 16.3. The summed E-state index contributed by atoms with van der Waals surface area (Å²) in [6.45, 7) is 15.1. The van der Waals surface area contributed by atoms with Gasteiger partial charge in [-0.05, 0) is 78.3 Å². The van der Waals surface area contributed by atoms with Gasteiger partial charge in [0.15, 0.2) is 0 Å². The molecule has 0 bridgehead atoms. The average Bonchev–Trinajstić information content (AvgIpc) is 2.95. The average molecular weight is 645 g/mol. The third-order valence-corrected chi connectivity index (χ3v) is 8.54. The van der Waals surface area contributed by atoms with E-state index in [2.05, 4.69) is 13.0 Å². The van der Waals surface area contributed by atoms with Crippen LogP contribution in [-0.4, -0.2) is 25.4 Å². The number of ether oxygens (including phenoxy) is 2. The lowest BCUT2D eigenvalue weighted by Crippen LogP contribution is -2.46. The number of carbonyl (C=O) groups excluding carboxylic acids is 1. The number of esters is 1. The van der Waals surface area contributed by atoms with Gasteiger partial charge in [0.25, 0.3) is 0 Å². The third kappa shape index (κ3) is 9.62. The summed E-state index contributed by atoms with van der Waals surface area (Å²) < 4.78 is 59.5. The highest BCUT2D eigenvalue weighted by atomic mass is 19.4. The van der Waals surface area contributed by atoms with Crippen LogP contribution in [0, 0.1) is 22.2 Å². The molecule has 2 atom stereocenters. The normalized spacial score (nSPS) is 14.6. The number of alkyl halides is 3. The summed E-state index contributed by atoms with van der Waals surface area (Å²) in [5.41, 5.74) is 0.0429. The molecule has 0 saturated heterocycles. The quantitative estimate of drug-likeness (QED) is 0.105. The lowest BCUT2D eigenvalue weighted by molar-refractivity contribution is -0.241. The standard InChI is InChI=1S/C38H51F3O5/c1-10-12-13-14-25-15-18-29(26(11-2)19-25)30-20-27-16-17-28(21-32(27)46-33(30)42)44-23-37(9,38(39,40)41)24-45-34(43)31(36(6,7)8)22-35(3,4)5/h15-21,31H,10-14,22-24H2,1-9H3. The van der Waals surface area contributed by atoms with Gasteiger partial charge in [-0.25, -0.2) is 4.79 Å². The molecule has 3 rings (SSSR count). The molecule has 3 aromatic rings. The number of rotatable bonds is 13. The van der Waals surface area contributed by atoms with Gasteiger partial charge >= 0.3 is 17.8 Å². The fraction of sp³-hybridized carbons (Fsp3) is 0.579. The Hall–Kier alpha value is -3.29. The minimum Gasteiger partial charge on any atom is -0.492 e. The zero-order chi connectivity index (χ0) is 34.5. The number of unbranched alkanes of at least 4 members (excludes halogenated alkanes) is 2. The topological polar surface area (TPSA) is 65.7 Å². The molecule has 1 aromatic heterocycles. The van der Waals surface area contributed by atoms with Crippen molar-refractivity contribution < 1.29 is 31.9 Å². The van der Waals surface area contributed by atoms with Gasteiger partial charge in [0.05, 0.1) is 11.5 Å². The van der Waals surface area contributed by atoms with Crippen molar-refractivity contribution in [3.8, 4) is 16.9 Å². The van der Waals surface area contributed by atoms with E-state index in [9.17, 15) is 22.8 Å². The highest BCUT2D eigenvalue weighted by molar-refractivity contribution is 5.83. The summed E-state index contributed by atoms with van der Waals surface area (Å²) in [5, 5.41) is 0.621. The molecule has 254 valence electrons. The molecular weight excluding hydrogens is 593 g/mol. The zero-order valence-electron chi connectivity index (χ0n) is 29.0. The highest BCUT2D eigenvalue weighted by Gasteiger charge is 2.53. The van der Waals surface area contributed by atoms with Crippen LogP contribution in [0.4, 0.5) is 13.2 Å². The predicted octanol–water partition coefficient (Wildman–Crippen LogP) is 10.3. The van der Waals surface area contributed by atoms with Crippen LogP contribution in [0.1, 0.15) is 99.1 Å². The number of aryl methyl sites for hydroxylation is 2. The van der Waals surface area contributed by atoms with Crippen molar-refractivity contribution in [2.24, 2.45) is 22.2 Å². The van der Waals surface area contributed by atoms with Crippen molar-refractivity contribution in [1.29, 1.82) is 0 Å². The van der Waals surface area contributed by atoms with Crippen molar-refractivity contribution in [3.05, 3.63) is 64.0 Å². The Balaban J connectivity index is 1.81. The van der Waals surface area contributed by atoms with Crippen molar-refractivity contribution in [2.45, 2.75) is 107 Å². The Morgan fingerprint density at radius 3 is 2.15 bits per heavy atom. The maximum atomic E-state index is 14.3. The highest BCUT2D eigenvalue weighted by Crippen LogP contribution is 2.41. The summed E-state index contributed by atoms with van der Waals surface area (Å²) in [6, 6.07) is 12.5. The minimum absolute atomic E-state index is 0.108. The van der Waals surface area contributed by atoms with E-state index in [0.717, 1.165) is 43.7 Å². The van der Waals surface area contributed by atoms with Crippen LogP contribution < -0.4 is 10.4 Å². The lowest BCUT2D eigenvalue weighted by atomic mass is 9.72. The first kappa shape index (κ1) is 37.2. The second-order valence-electron chi connectivity index (χ2n) is 15.1. The van der Waals surface area contributed by atoms with E-state index in [1.807, 2.05) is 60.6 Å². The fourth-order valence-electron chi connectivity index (χ4n) is 5.44. The molecule has 0 saturated carbocycles. The van der Waals surface area contributed by atoms with Crippen molar-refractivity contribution in [3.63, 3.8) is 0 Å². The Bertz CT molecular complexity index is 1540. The molecule has 5 nitrogen and oxygen atoms in total. The van der Waals surface area contributed by atoms with Gasteiger partial charge in [-0.2, -0.15) is 13.2 Å². The molecular formula is C38H51F3O5. The SMILES string of the molecule is CCCCCc1ccc(-c2cc3ccc(OCC(C)(COC(=O)C(CC(C)(C)C)C(C)(C)C)C(F)(F)F)cc3oc2=O)c(CC)c1. The first-order valence-corrected chi connectivity index (χ1v) is 16.3. The van der Waals surface area contributed by atoms with Gasteiger partial charge in [0, 0.05) is 11.5 Å². The molecule has 0 aliphatic carbocycles. The summed E-state index contributed by atoms with van der Waals surface area (Å²) in [7, 11) is 0. The molecule has 0 N–H and O–H groups in total. The fourth-order valence-corrected chi connectivity index (χ4v) is 5.44. The van der Waals surface area contributed by atoms with Crippen LogP contribution in [0.15, 0.2) is 51.7 Å². The Labute approximate surface area is 271 Å². The van der Waals surface area contributed by atoms with Crippen molar-refractivity contribution in [1.82, 2.24) is 0 Å². The van der Waals surface area contributed by atoms with E-state index >= 15 is 0 Å². The van der Waals surface area contributed by atoms with E-state index in [4.69, 9.17) is 13.9 Å². The monoisotopic (exact) mass is 644 g/mol. The van der Waals surface area contributed by atoms with Gasteiger partial charge in [-0.15, -0.1) is 0 Å². The summed E-state index contributed by atoms with van der Waals surface area (Å²) in [4.78, 5) is 26.2. The van der Waals surface area contributed by atoms with Crippen molar-refractivity contribution >= 4 is 16.9 Å². The predicted molar refractivity (Wildman–Crippen MR) is 178 cm³/mol. The van der Waals surface area contributed by atoms with Gasteiger partial charge in [0.2, 0.25) is 0 Å². The molecule has 0 radical (unpaired) electrons. The molecule has 0 amide bonds. The maximum Gasteiger partial charge on any atom is 0.400 e. The van der Waals surface area contributed by atoms with Gasteiger partial charge in [-0.3, -0.25) is 4.79 Å². The van der Waals surface area contributed by atoms with Gasteiger partial charge < -0.3 is 13.9 Å². The van der Waals surface area contributed by atoms with Crippen LogP contribution in [-0.2, 0) is 22.4 Å². The molecule has 8 heteroatoms. The second kappa shape index (κ2) is 14.6. The van der Waals surface area contributed by atoms with Crippen LogP contribution in [0.5, 0.6) is 5.75 Å². The van der Waals surface area contributed by atoms with Crippen LogP contribution in [0.25, 0.3) is 22.1 Å². The third-order valence-electron chi connectivity index (χ3n) is 8.54. The first-order chi connectivity index (χ1) is 21.3. The smallest absolute Gasteiger partial charge is 0.400 e. The molecule has 0 aliphatic rings. The summed E-state index contributed by atoms with van der Waals surface area (Å²) in [5.74, 6) is -1.12. The number of hydrogen-bond donors (Lipinski definition) is 0. The number of benzene rings is 2. The van der Waals surface area contributed by atoms with Crippen LogP contribution >= 0.6 is 0 Å². The number of hydrogen-bond acceptors (Lipinski definition) is 5. The number of carbonyl (C=O) groups is 1. The molecule has 0 spiro atoms. The molecule has 46 heavy (non-hydrogen) atoms. The number of fused-ring (bicyclic) bond motifs is 1. The van der Waals surface area contributed by atoms with E-state index in [0.29, 0.717) is 17.4 Å². The Morgan fingerprint density at radius 2 is 1.57 bits per heavy atom. The Morgan fingerprint density at radius 1 is 0.870 bits per heavy atom. The number of halogens is 3. The van der Waals surface area contributed by atoms with Crippen molar-refractivity contribution in [2.75, 3.05) is 13.2 Å². The summed E-state index contributed by atoms with van der Waals surface area (Å²) >= 11 is 0. The van der Waals surface area contributed by atoms with E-state index in [-0.39, 0.29) is 16.7 Å². The Kier molecular flexibility index (Phi) is 11.8. The van der Waals surface area contributed by atoms with Gasteiger partial charge in [0.1, 0.15) is 30.0 Å².